The molecule has 1 unspecified atom stereocenters. The number of carbonyl (C=O) groups excluding carboxylic acids is 1. The van der Waals surface area contributed by atoms with Crippen LogP contribution in [0.1, 0.15) is 27.2 Å². The lowest BCUT2D eigenvalue weighted by molar-refractivity contribution is -0.150. The van der Waals surface area contributed by atoms with Gasteiger partial charge in [0.25, 0.3) is 0 Å². The number of halogens is 1. The largest absolute Gasteiger partial charge is 0.465 e. The topological polar surface area (TPSA) is 51.2 Å². The summed E-state index contributed by atoms with van der Waals surface area (Å²) in [6.07, 6.45) is 2.30. The number of hydrogen-bond donors (Lipinski definition) is 1. The SMILES string of the molecule is CCNC(C)(CCSc1ccc(Cl)cn1)C(=O)OCC. The Bertz CT molecular complexity index is 428. The predicted octanol–water partition coefficient (Wildman–Crippen LogP) is 3.15. The molecule has 0 saturated heterocycles. The van der Waals surface area contributed by atoms with Gasteiger partial charge in [-0.15, -0.1) is 11.8 Å². The normalized spacial score (nSPS) is 13.8. The number of ether oxygens (including phenoxy) is 1. The fourth-order valence-electron chi connectivity index (χ4n) is 1.75. The maximum Gasteiger partial charge on any atom is 0.326 e. The maximum absolute atomic E-state index is 12.0. The molecule has 0 aromatic carbocycles. The van der Waals surface area contributed by atoms with Crippen molar-refractivity contribution in [2.75, 3.05) is 18.9 Å². The van der Waals surface area contributed by atoms with Gasteiger partial charge in [-0.3, -0.25) is 4.79 Å². The lowest BCUT2D eigenvalue weighted by Crippen LogP contribution is -2.50. The Hall–Kier alpha value is -0.780. The van der Waals surface area contributed by atoms with Crippen LogP contribution in [-0.4, -0.2) is 35.4 Å². The highest BCUT2D eigenvalue weighted by molar-refractivity contribution is 7.99. The standard InChI is InChI=1S/C14H21ClN2O2S/c1-4-17-14(3,13(18)19-5-2)8-9-20-12-7-6-11(15)10-16-12/h6-7,10,17H,4-5,8-9H2,1-3H3. The van der Waals surface area contributed by atoms with Crippen molar-refractivity contribution in [3.8, 4) is 0 Å². The molecule has 0 aliphatic heterocycles. The molecule has 1 atom stereocenters. The van der Waals surface area contributed by atoms with Crippen molar-refractivity contribution in [2.24, 2.45) is 0 Å². The van der Waals surface area contributed by atoms with E-state index in [4.69, 9.17) is 16.3 Å². The molecule has 0 saturated carbocycles. The highest BCUT2D eigenvalue weighted by Crippen LogP contribution is 2.22. The number of thioether (sulfide) groups is 1. The first-order chi connectivity index (χ1) is 9.51. The number of carbonyl (C=O) groups is 1. The fourth-order valence-corrected chi connectivity index (χ4v) is 2.87. The van der Waals surface area contributed by atoms with Gasteiger partial charge in [0.15, 0.2) is 0 Å². The molecule has 112 valence electrons. The quantitative estimate of drug-likeness (QED) is 0.590. The Morgan fingerprint density at radius 1 is 1.50 bits per heavy atom. The Morgan fingerprint density at radius 3 is 2.80 bits per heavy atom. The van der Waals surface area contributed by atoms with Gasteiger partial charge in [0.1, 0.15) is 5.54 Å². The molecule has 1 N–H and O–H groups in total. The van der Waals surface area contributed by atoms with Gasteiger partial charge in [-0.25, -0.2) is 4.98 Å². The van der Waals surface area contributed by atoms with E-state index in [2.05, 4.69) is 10.3 Å². The number of esters is 1. The zero-order valence-electron chi connectivity index (χ0n) is 12.1. The number of likely N-dealkylation sites (N-methyl/N-ethyl adjacent to an activating group) is 1. The minimum atomic E-state index is -0.649. The Balaban J connectivity index is 2.54. The van der Waals surface area contributed by atoms with Gasteiger partial charge < -0.3 is 10.1 Å². The zero-order valence-corrected chi connectivity index (χ0v) is 13.7. The highest BCUT2D eigenvalue weighted by Gasteiger charge is 2.33. The molecule has 0 amide bonds. The summed E-state index contributed by atoms with van der Waals surface area (Å²) >= 11 is 7.39. The second kappa shape index (κ2) is 8.49. The molecule has 6 heteroatoms. The molecular formula is C14H21ClN2O2S. The first-order valence-corrected chi connectivity index (χ1v) is 8.04. The summed E-state index contributed by atoms with van der Waals surface area (Å²) in [4.78, 5) is 16.2. The van der Waals surface area contributed by atoms with E-state index in [-0.39, 0.29) is 5.97 Å². The van der Waals surface area contributed by atoms with Crippen LogP contribution in [0.25, 0.3) is 0 Å². The van der Waals surface area contributed by atoms with Crippen LogP contribution in [0, 0.1) is 0 Å². The lowest BCUT2D eigenvalue weighted by atomic mass is 9.99. The number of rotatable bonds is 8. The van der Waals surface area contributed by atoms with Crippen LogP contribution in [0.3, 0.4) is 0 Å². The summed E-state index contributed by atoms with van der Waals surface area (Å²) in [7, 11) is 0. The van der Waals surface area contributed by atoms with Crippen molar-refractivity contribution in [3.63, 3.8) is 0 Å². The third-order valence-corrected chi connectivity index (χ3v) is 4.01. The number of pyridine rings is 1. The number of nitrogens with zero attached hydrogens (tertiary/aromatic N) is 1. The molecule has 20 heavy (non-hydrogen) atoms. The molecule has 0 bridgehead atoms. The third kappa shape index (κ3) is 5.31. The molecule has 0 aliphatic rings. The van der Waals surface area contributed by atoms with Crippen molar-refractivity contribution in [2.45, 2.75) is 37.8 Å². The smallest absolute Gasteiger partial charge is 0.326 e. The van der Waals surface area contributed by atoms with Crippen LogP contribution in [0.5, 0.6) is 0 Å². The summed E-state index contributed by atoms with van der Waals surface area (Å²) in [5, 5.41) is 4.73. The van der Waals surface area contributed by atoms with Gasteiger partial charge in [0, 0.05) is 11.9 Å². The van der Waals surface area contributed by atoms with Crippen LogP contribution < -0.4 is 5.32 Å². The third-order valence-electron chi connectivity index (χ3n) is 2.85. The van der Waals surface area contributed by atoms with Gasteiger partial charge in [-0.05, 0) is 38.9 Å². The summed E-state index contributed by atoms with van der Waals surface area (Å²) in [5.74, 6) is 0.572. The molecule has 4 nitrogen and oxygen atoms in total. The van der Waals surface area contributed by atoms with Crippen molar-refractivity contribution >= 4 is 29.3 Å². The van der Waals surface area contributed by atoms with E-state index in [0.717, 1.165) is 17.3 Å². The van der Waals surface area contributed by atoms with Crippen LogP contribution in [0.15, 0.2) is 23.4 Å². The number of aromatic nitrogens is 1. The average Bonchev–Trinajstić information content (AvgIpc) is 2.41. The van der Waals surface area contributed by atoms with Crippen molar-refractivity contribution in [1.29, 1.82) is 0 Å². The van der Waals surface area contributed by atoms with Crippen LogP contribution in [0.2, 0.25) is 5.02 Å². The van der Waals surface area contributed by atoms with E-state index >= 15 is 0 Å². The van der Waals surface area contributed by atoms with Crippen molar-refractivity contribution in [3.05, 3.63) is 23.4 Å². The number of nitrogens with one attached hydrogen (secondary N) is 1. The minimum absolute atomic E-state index is 0.202. The van der Waals surface area contributed by atoms with Crippen LogP contribution in [0.4, 0.5) is 0 Å². The molecule has 0 aliphatic carbocycles. The molecule has 0 radical (unpaired) electrons. The summed E-state index contributed by atoms with van der Waals surface area (Å²) < 4.78 is 5.13. The summed E-state index contributed by atoms with van der Waals surface area (Å²) in [6.45, 7) is 6.79. The molecule has 1 rings (SSSR count). The molecule has 1 heterocycles. The van der Waals surface area contributed by atoms with Crippen LogP contribution >= 0.6 is 23.4 Å². The molecule has 1 aromatic heterocycles. The summed E-state index contributed by atoms with van der Waals surface area (Å²) in [6, 6.07) is 3.69. The number of hydrogen-bond acceptors (Lipinski definition) is 5. The second-order valence-corrected chi connectivity index (χ2v) is 6.05. The Kier molecular flexibility index (Phi) is 7.34. The van der Waals surface area contributed by atoms with Crippen molar-refractivity contribution in [1.82, 2.24) is 10.3 Å². The van der Waals surface area contributed by atoms with Gasteiger partial charge in [-0.2, -0.15) is 0 Å². The van der Waals surface area contributed by atoms with Gasteiger partial charge in [0.2, 0.25) is 0 Å². The summed E-state index contributed by atoms with van der Waals surface area (Å²) in [5.41, 5.74) is -0.649. The monoisotopic (exact) mass is 316 g/mol. The van der Waals surface area contributed by atoms with Gasteiger partial charge in [-0.1, -0.05) is 18.5 Å². The second-order valence-electron chi connectivity index (χ2n) is 4.50. The molecular weight excluding hydrogens is 296 g/mol. The zero-order chi connectivity index (χ0) is 15.0. The highest BCUT2D eigenvalue weighted by atomic mass is 35.5. The molecule has 1 aromatic rings. The van der Waals surface area contributed by atoms with Gasteiger partial charge >= 0.3 is 5.97 Å². The van der Waals surface area contributed by atoms with Gasteiger partial charge in [0.05, 0.1) is 16.7 Å². The first-order valence-electron chi connectivity index (χ1n) is 6.68. The minimum Gasteiger partial charge on any atom is -0.465 e. The molecule has 0 spiro atoms. The molecule has 0 fully saturated rings. The fraction of sp³-hybridized carbons (Fsp3) is 0.571. The maximum atomic E-state index is 12.0. The van der Waals surface area contributed by atoms with E-state index in [1.54, 1.807) is 18.0 Å². The average molecular weight is 317 g/mol. The van der Waals surface area contributed by atoms with E-state index in [1.807, 2.05) is 32.9 Å². The Morgan fingerprint density at radius 2 is 2.25 bits per heavy atom. The Labute approximate surface area is 129 Å². The van der Waals surface area contributed by atoms with E-state index in [9.17, 15) is 4.79 Å². The lowest BCUT2D eigenvalue weighted by Gasteiger charge is -2.27. The van der Waals surface area contributed by atoms with E-state index < -0.39 is 5.54 Å². The van der Waals surface area contributed by atoms with E-state index in [1.165, 1.54) is 0 Å². The van der Waals surface area contributed by atoms with E-state index in [0.29, 0.717) is 18.1 Å². The predicted molar refractivity (Wildman–Crippen MR) is 83.3 cm³/mol. The van der Waals surface area contributed by atoms with Crippen molar-refractivity contribution < 1.29 is 9.53 Å². The van der Waals surface area contributed by atoms with Crippen LogP contribution in [-0.2, 0) is 9.53 Å². The first kappa shape index (κ1) is 17.3.